The van der Waals surface area contributed by atoms with Crippen LogP contribution in [0.25, 0.3) is 0 Å². The molecule has 1 saturated carbocycles. The van der Waals surface area contributed by atoms with Gasteiger partial charge in [0.15, 0.2) is 6.04 Å². The summed E-state index contributed by atoms with van der Waals surface area (Å²) in [6.45, 7) is 3.91. The molecule has 0 aliphatic heterocycles. The summed E-state index contributed by atoms with van der Waals surface area (Å²) in [4.78, 5) is 23.2. The van der Waals surface area contributed by atoms with Gasteiger partial charge in [0.2, 0.25) is 5.91 Å². The molecule has 2 rings (SSSR count). The molecule has 1 aromatic rings. The Kier molecular flexibility index (Phi) is 3.88. The number of carbonyl (C=O) groups is 2. The first-order chi connectivity index (χ1) is 8.99. The van der Waals surface area contributed by atoms with E-state index in [1.807, 2.05) is 26.0 Å². The second-order valence-electron chi connectivity index (χ2n) is 5.25. The van der Waals surface area contributed by atoms with Crippen molar-refractivity contribution in [1.82, 2.24) is 5.32 Å². The number of carbonyl (C=O) groups excluding carboxylic acids is 1. The number of carboxylic acid groups (broad SMARTS) is 1. The maximum absolute atomic E-state index is 11.9. The zero-order valence-electron chi connectivity index (χ0n) is 11.3. The lowest BCUT2D eigenvalue weighted by Crippen LogP contribution is -2.39. The van der Waals surface area contributed by atoms with Crippen LogP contribution in [0.5, 0.6) is 0 Å². The first-order valence-electron chi connectivity index (χ1n) is 6.59. The molecule has 2 N–H and O–H groups in total. The molecule has 4 nitrogen and oxygen atoms in total. The molecule has 0 bridgehead atoms. The predicted molar refractivity (Wildman–Crippen MR) is 71.8 cm³/mol. The van der Waals surface area contributed by atoms with Crippen LogP contribution in [-0.4, -0.2) is 17.0 Å². The second kappa shape index (κ2) is 5.43. The highest BCUT2D eigenvalue weighted by Gasteiger charge is 2.29. The van der Waals surface area contributed by atoms with E-state index < -0.39 is 12.0 Å². The summed E-state index contributed by atoms with van der Waals surface area (Å²) < 4.78 is 0. The molecule has 1 amide bonds. The topological polar surface area (TPSA) is 66.4 Å². The SMILES string of the molecule is Cc1ccc(C(NC(=O)C2CCC2)C(=O)O)cc1C. The summed E-state index contributed by atoms with van der Waals surface area (Å²) in [5.74, 6) is -1.17. The normalized spacial score (nSPS) is 16.5. The number of aliphatic carboxylic acids is 1. The van der Waals surface area contributed by atoms with Crippen LogP contribution in [0, 0.1) is 19.8 Å². The van der Waals surface area contributed by atoms with Crippen molar-refractivity contribution in [2.24, 2.45) is 5.92 Å². The number of aryl methyl sites for hydroxylation is 2. The van der Waals surface area contributed by atoms with Crippen LogP contribution in [0.1, 0.15) is 42.0 Å². The van der Waals surface area contributed by atoms with E-state index in [4.69, 9.17) is 0 Å². The Bertz CT molecular complexity index is 506. The highest BCUT2D eigenvalue weighted by Crippen LogP contribution is 2.27. The number of benzene rings is 1. The van der Waals surface area contributed by atoms with Gasteiger partial charge in [0.25, 0.3) is 0 Å². The van der Waals surface area contributed by atoms with Crippen molar-refractivity contribution in [3.05, 3.63) is 34.9 Å². The average molecular weight is 261 g/mol. The lowest BCUT2D eigenvalue weighted by atomic mass is 9.84. The summed E-state index contributed by atoms with van der Waals surface area (Å²) in [6, 6.07) is 4.53. The van der Waals surface area contributed by atoms with Gasteiger partial charge in [0, 0.05) is 5.92 Å². The molecule has 1 aliphatic rings. The fraction of sp³-hybridized carbons (Fsp3) is 0.467. The van der Waals surface area contributed by atoms with Gasteiger partial charge < -0.3 is 10.4 Å². The molecule has 1 unspecified atom stereocenters. The molecular formula is C15H19NO3. The molecule has 0 saturated heterocycles. The number of hydrogen-bond donors (Lipinski definition) is 2. The molecule has 0 radical (unpaired) electrons. The molecule has 0 spiro atoms. The highest BCUT2D eigenvalue weighted by atomic mass is 16.4. The van der Waals surface area contributed by atoms with E-state index in [2.05, 4.69) is 5.32 Å². The van der Waals surface area contributed by atoms with Gasteiger partial charge in [0.05, 0.1) is 0 Å². The van der Waals surface area contributed by atoms with Crippen molar-refractivity contribution in [2.45, 2.75) is 39.2 Å². The quantitative estimate of drug-likeness (QED) is 0.874. The van der Waals surface area contributed by atoms with Crippen molar-refractivity contribution >= 4 is 11.9 Å². The van der Waals surface area contributed by atoms with E-state index >= 15 is 0 Å². The Labute approximate surface area is 112 Å². The first-order valence-corrected chi connectivity index (χ1v) is 6.59. The monoisotopic (exact) mass is 261 g/mol. The van der Waals surface area contributed by atoms with Gasteiger partial charge in [0.1, 0.15) is 0 Å². The smallest absolute Gasteiger partial charge is 0.330 e. The number of carboxylic acids is 1. The molecule has 1 fully saturated rings. The standard InChI is InChI=1S/C15H19NO3/c1-9-6-7-12(8-10(9)2)13(15(18)19)16-14(17)11-4-3-5-11/h6-8,11,13H,3-5H2,1-2H3,(H,16,17)(H,18,19). The molecule has 1 aliphatic carbocycles. The number of rotatable bonds is 4. The van der Waals surface area contributed by atoms with Gasteiger partial charge in [-0.1, -0.05) is 24.6 Å². The molecule has 0 aromatic heterocycles. The van der Waals surface area contributed by atoms with E-state index in [0.717, 1.165) is 30.4 Å². The minimum Gasteiger partial charge on any atom is -0.479 e. The Morgan fingerprint density at radius 2 is 1.95 bits per heavy atom. The van der Waals surface area contributed by atoms with Crippen molar-refractivity contribution in [3.8, 4) is 0 Å². The van der Waals surface area contributed by atoms with E-state index in [1.165, 1.54) is 0 Å². The minimum atomic E-state index is -1.02. The van der Waals surface area contributed by atoms with Crippen molar-refractivity contribution in [3.63, 3.8) is 0 Å². The molecule has 1 aromatic carbocycles. The predicted octanol–water partition coefficient (Wildman–Crippen LogP) is 2.35. The lowest BCUT2D eigenvalue weighted by Gasteiger charge is -2.26. The minimum absolute atomic E-state index is 0.00612. The van der Waals surface area contributed by atoms with Gasteiger partial charge in [-0.25, -0.2) is 4.79 Å². The van der Waals surface area contributed by atoms with Crippen molar-refractivity contribution in [1.29, 1.82) is 0 Å². The van der Waals surface area contributed by atoms with E-state index in [1.54, 1.807) is 6.07 Å². The van der Waals surface area contributed by atoms with Gasteiger partial charge in [-0.05, 0) is 43.4 Å². The Morgan fingerprint density at radius 1 is 1.26 bits per heavy atom. The zero-order chi connectivity index (χ0) is 14.0. The van der Waals surface area contributed by atoms with Crippen LogP contribution in [0.3, 0.4) is 0 Å². The Hall–Kier alpha value is -1.84. The van der Waals surface area contributed by atoms with Gasteiger partial charge >= 0.3 is 5.97 Å². The molecule has 4 heteroatoms. The Morgan fingerprint density at radius 3 is 2.42 bits per heavy atom. The summed E-state index contributed by atoms with van der Waals surface area (Å²) in [5, 5.41) is 11.9. The molecule has 102 valence electrons. The maximum Gasteiger partial charge on any atom is 0.330 e. The largest absolute Gasteiger partial charge is 0.479 e. The van der Waals surface area contributed by atoms with E-state index in [-0.39, 0.29) is 11.8 Å². The second-order valence-corrected chi connectivity index (χ2v) is 5.25. The van der Waals surface area contributed by atoms with Crippen LogP contribution < -0.4 is 5.32 Å². The molecular weight excluding hydrogens is 242 g/mol. The number of nitrogens with one attached hydrogen (secondary N) is 1. The summed E-state index contributed by atoms with van der Waals surface area (Å²) in [7, 11) is 0. The van der Waals surface area contributed by atoms with E-state index in [0.29, 0.717) is 5.56 Å². The van der Waals surface area contributed by atoms with Gasteiger partial charge in [-0.15, -0.1) is 0 Å². The fourth-order valence-electron chi connectivity index (χ4n) is 2.16. The van der Waals surface area contributed by atoms with Crippen LogP contribution in [-0.2, 0) is 9.59 Å². The van der Waals surface area contributed by atoms with Crippen molar-refractivity contribution in [2.75, 3.05) is 0 Å². The van der Waals surface area contributed by atoms with Gasteiger partial charge in [-0.2, -0.15) is 0 Å². The molecule has 0 heterocycles. The van der Waals surface area contributed by atoms with Crippen LogP contribution in [0.2, 0.25) is 0 Å². The summed E-state index contributed by atoms with van der Waals surface area (Å²) in [6.07, 6.45) is 2.79. The zero-order valence-corrected chi connectivity index (χ0v) is 11.3. The van der Waals surface area contributed by atoms with Crippen LogP contribution >= 0.6 is 0 Å². The summed E-state index contributed by atoms with van der Waals surface area (Å²) in [5.41, 5.74) is 2.77. The van der Waals surface area contributed by atoms with Crippen LogP contribution in [0.4, 0.5) is 0 Å². The third-order valence-corrected chi connectivity index (χ3v) is 3.87. The summed E-state index contributed by atoms with van der Waals surface area (Å²) >= 11 is 0. The lowest BCUT2D eigenvalue weighted by molar-refractivity contribution is -0.143. The van der Waals surface area contributed by atoms with Gasteiger partial charge in [-0.3, -0.25) is 4.79 Å². The Balaban J connectivity index is 2.16. The van der Waals surface area contributed by atoms with Crippen molar-refractivity contribution < 1.29 is 14.7 Å². The van der Waals surface area contributed by atoms with Crippen LogP contribution in [0.15, 0.2) is 18.2 Å². The number of hydrogen-bond acceptors (Lipinski definition) is 2. The first kappa shape index (κ1) is 13.6. The average Bonchev–Trinajstić information content (AvgIpc) is 2.27. The van der Waals surface area contributed by atoms with E-state index in [9.17, 15) is 14.7 Å². The molecule has 1 atom stereocenters. The maximum atomic E-state index is 11.9. The third-order valence-electron chi connectivity index (χ3n) is 3.87. The molecule has 19 heavy (non-hydrogen) atoms. The third kappa shape index (κ3) is 2.95. The fourth-order valence-corrected chi connectivity index (χ4v) is 2.16. The highest BCUT2D eigenvalue weighted by molar-refractivity contribution is 5.86. The number of amides is 1.